The molecule has 0 atom stereocenters. The third kappa shape index (κ3) is 3.06. The van der Waals surface area contributed by atoms with Crippen molar-refractivity contribution in [3.05, 3.63) is 35.6 Å². The van der Waals surface area contributed by atoms with E-state index in [0.29, 0.717) is 6.54 Å². The smallest absolute Gasteiger partial charge is 0.338 e. The van der Waals surface area contributed by atoms with E-state index in [9.17, 15) is 18.8 Å². The highest BCUT2D eigenvalue weighted by Crippen LogP contribution is 2.05. The molecule has 7 heteroatoms. The van der Waals surface area contributed by atoms with Gasteiger partial charge in [-0.3, -0.25) is 9.69 Å². The summed E-state index contributed by atoms with van der Waals surface area (Å²) in [5, 5.41) is 2.46. The number of rotatable bonds is 3. The molecule has 3 amide bonds. The van der Waals surface area contributed by atoms with E-state index in [1.807, 2.05) is 0 Å². The van der Waals surface area contributed by atoms with Crippen molar-refractivity contribution in [2.45, 2.75) is 0 Å². The van der Waals surface area contributed by atoms with Crippen molar-refractivity contribution in [2.75, 3.05) is 19.7 Å². The van der Waals surface area contributed by atoms with Gasteiger partial charge in [-0.25, -0.2) is 14.0 Å². The van der Waals surface area contributed by atoms with Crippen LogP contribution in [0.1, 0.15) is 10.4 Å². The molecule has 1 aliphatic heterocycles. The van der Waals surface area contributed by atoms with Gasteiger partial charge in [0.15, 0.2) is 6.61 Å². The molecule has 0 aromatic heterocycles. The third-order valence-electron chi connectivity index (χ3n) is 2.56. The minimum Gasteiger partial charge on any atom is -0.452 e. The van der Waals surface area contributed by atoms with Crippen molar-refractivity contribution < 1.29 is 23.5 Å². The summed E-state index contributed by atoms with van der Waals surface area (Å²) in [6.07, 6.45) is 0. The van der Waals surface area contributed by atoms with Crippen LogP contribution < -0.4 is 5.32 Å². The molecule has 1 aromatic rings. The molecule has 100 valence electrons. The second kappa shape index (κ2) is 5.47. The van der Waals surface area contributed by atoms with Crippen LogP contribution in [0.5, 0.6) is 0 Å². The van der Waals surface area contributed by atoms with Crippen LogP contribution in [0.15, 0.2) is 24.3 Å². The summed E-state index contributed by atoms with van der Waals surface area (Å²) in [5.41, 5.74) is 0.139. The number of carbonyl (C=O) groups excluding carboxylic acids is 3. The molecular formula is C12H11FN2O4. The molecule has 0 spiro atoms. The lowest BCUT2D eigenvalue weighted by molar-refractivity contribution is -0.130. The first kappa shape index (κ1) is 13.0. The fourth-order valence-corrected chi connectivity index (χ4v) is 1.58. The Morgan fingerprint density at radius 2 is 2.00 bits per heavy atom. The monoisotopic (exact) mass is 266 g/mol. The average Bonchev–Trinajstić information content (AvgIpc) is 2.83. The Morgan fingerprint density at radius 3 is 2.58 bits per heavy atom. The quantitative estimate of drug-likeness (QED) is 0.810. The molecule has 0 aliphatic carbocycles. The number of imide groups is 1. The number of nitrogens with one attached hydrogen (secondary N) is 1. The van der Waals surface area contributed by atoms with E-state index in [1.54, 1.807) is 0 Å². The summed E-state index contributed by atoms with van der Waals surface area (Å²) in [7, 11) is 0. The van der Waals surface area contributed by atoms with Crippen molar-refractivity contribution in [2.24, 2.45) is 0 Å². The zero-order chi connectivity index (χ0) is 13.8. The number of ether oxygens (including phenoxy) is 1. The molecule has 19 heavy (non-hydrogen) atoms. The summed E-state index contributed by atoms with van der Waals surface area (Å²) in [5.74, 6) is -1.81. The maximum atomic E-state index is 12.7. The second-order valence-corrected chi connectivity index (χ2v) is 3.86. The zero-order valence-corrected chi connectivity index (χ0v) is 9.89. The number of esters is 1. The molecule has 1 fully saturated rings. The van der Waals surface area contributed by atoms with Gasteiger partial charge in [-0.05, 0) is 24.3 Å². The highest BCUT2D eigenvalue weighted by molar-refractivity contribution is 5.98. The molecule has 1 aliphatic rings. The maximum Gasteiger partial charge on any atom is 0.338 e. The van der Waals surface area contributed by atoms with Gasteiger partial charge in [-0.15, -0.1) is 0 Å². The standard InChI is InChI=1S/C12H11FN2O4/c13-9-3-1-8(2-4-9)11(17)19-7-10(16)15-6-5-14-12(15)18/h1-4H,5-7H2,(H,14,18). The number of nitrogens with zero attached hydrogens (tertiary/aromatic N) is 1. The summed E-state index contributed by atoms with van der Waals surface area (Å²) < 4.78 is 17.4. The van der Waals surface area contributed by atoms with E-state index in [4.69, 9.17) is 4.74 Å². The van der Waals surface area contributed by atoms with E-state index >= 15 is 0 Å². The van der Waals surface area contributed by atoms with Crippen molar-refractivity contribution in [1.82, 2.24) is 10.2 Å². The van der Waals surface area contributed by atoms with Crippen LogP contribution in [0.3, 0.4) is 0 Å². The Bertz CT molecular complexity index is 515. The van der Waals surface area contributed by atoms with E-state index in [0.717, 1.165) is 17.0 Å². The molecular weight excluding hydrogens is 255 g/mol. The molecule has 1 heterocycles. The van der Waals surface area contributed by atoms with Crippen LogP contribution in [-0.2, 0) is 9.53 Å². The lowest BCUT2D eigenvalue weighted by Crippen LogP contribution is -2.37. The van der Waals surface area contributed by atoms with Gasteiger partial charge in [0.1, 0.15) is 5.82 Å². The number of benzene rings is 1. The van der Waals surface area contributed by atoms with Crippen molar-refractivity contribution in [1.29, 1.82) is 0 Å². The largest absolute Gasteiger partial charge is 0.452 e. The van der Waals surface area contributed by atoms with Crippen LogP contribution in [0, 0.1) is 5.82 Å². The van der Waals surface area contributed by atoms with E-state index in [1.165, 1.54) is 12.1 Å². The van der Waals surface area contributed by atoms with Crippen LogP contribution in [0.2, 0.25) is 0 Å². The Morgan fingerprint density at radius 1 is 1.32 bits per heavy atom. The Kier molecular flexibility index (Phi) is 3.74. The van der Waals surface area contributed by atoms with Crippen molar-refractivity contribution in [3.63, 3.8) is 0 Å². The van der Waals surface area contributed by atoms with Crippen LogP contribution >= 0.6 is 0 Å². The predicted molar refractivity (Wildman–Crippen MR) is 61.8 cm³/mol. The Labute approximate surface area is 108 Å². The summed E-state index contributed by atoms with van der Waals surface area (Å²) in [6, 6.07) is 4.25. The minimum absolute atomic E-state index is 0.139. The second-order valence-electron chi connectivity index (χ2n) is 3.86. The van der Waals surface area contributed by atoms with E-state index < -0.39 is 30.3 Å². The molecule has 1 saturated heterocycles. The van der Waals surface area contributed by atoms with Crippen LogP contribution in [0.25, 0.3) is 0 Å². The lowest BCUT2D eigenvalue weighted by Gasteiger charge is -2.12. The van der Waals surface area contributed by atoms with E-state index in [2.05, 4.69) is 5.32 Å². The van der Waals surface area contributed by atoms with Gasteiger partial charge in [0.05, 0.1) is 5.56 Å². The first-order valence-electron chi connectivity index (χ1n) is 5.59. The van der Waals surface area contributed by atoms with Crippen molar-refractivity contribution >= 4 is 17.9 Å². The van der Waals surface area contributed by atoms with Crippen LogP contribution in [-0.4, -0.2) is 42.5 Å². The Balaban J connectivity index is 1.88. The van der Waals surface area contributed by atoms with Gasteiger partial charge in [0.25, 0.3) is 5.91 Å². The predicted octanol–water partition coefficient (Wildman–Crippen LogP) is 0.534. The molecule has 0 bridgehead atoms. The number of hydrogen-bond donors (Lipinski definition) is 1. The molecule has 0 saturated carbocycles. The maximum absolute atomic E-state index is 12.7. The van der Waals surface area contributed by atoms with Gasteiger partial charge in [-0.1, -0.05) is 0 Å². The highest BCUT2D eigenvalue weighted by Gasteiger charge is 2.26. The van der Waals surface area contributed by atoms with E-state index in [-0.39, 0.29) is 12.1 Å². The van der Waals surface area contributed by atoms with Crippen molar-refractivity contribution in [3.8, 4) is 0 Å². The first-order chi connectivity index (χ1) is 9.08. The number of halogens is 1. The molecule has 2 rings (SSSR count). The molecule has 1 aromatic carbocycles. The van der Waals surface area contributed by atoms with Crippen LogP contribution in [0.4, 0.5) is 9.18 Å². The molecule has 1 N–H and O–H groups in total. The SMILES string of the molecule is O=C(OCC(=O)N1CCNC1=O)c1ccc(F)cc1. The third-order valence-corrected chi connectivity index (χ3v) is 2.56. The molecule has 0 unspecified atom stereocenters. The number of amides is 3. The fraction of sp³-hybridized carbons (Fsp3) is 0.250. The average molecular weight is 266 g/mol. The zero-order valence-electron chi connectivity index (χ0n) is 9.89. The summed E-state index contributed by atoms with van der Waals surface area (Å²) >= 11 is 0. The molecule has 6 nitrogen and oxygen atoms in total. The summed E-state index contributed by atoms with van der Waals surface area (Å²) in [6.45, 7) is 0.117. The number of urea groups is 1. The first-order valence-corrected chi connectivity index (χ1v) is 5.59. The van der Waals surface area contributed by atoms with Gasteiger partial charge in [0.2, 0.25) is 0 Å². The number of carbonyl (C=O) groups is 3. The normalized spacial score (nSPS) is 14.2. The number of hydrogen-bond acceptors (Lipinski definition) is 4. The Hall–Kier alpha value is -2.44. The van der Waals surface area contributed by atoms with Gasteiger partial charge >= 0.3 is 12.0 Å². The highest BCUT2D eigenvalue weighted by atomic mass is 19.1. The summed E-state index contributed by atoms with van der Waals surface area (Å²) in [4.78, 5) is 35.3. The van der Waals surface area contributed by atoms with Gasteiger partial charge in [0, 0.05) is 13.1 Å². The molecule has 0 radical (unpaired) electrons. The van der Waals surface area contributed by atoms with Gasteiger partial charge in [-0.2, -0.15) is 0 Å². The fourth-order valence-electron chi connectivity index (χ4n) is 1.58. The lowest BCUT2D eigenvalue weighted by atomic mass is 10.2. The van der Waals surface area contributed by atoms with Gasteiger partial charge < -0.3 is 10.1 Å². The topological polar surface area (TPSA) is 75.7 Å². The minimum atomic E-state index is -0.743.